The van der Waals surface area contributed by atoms with Crippen LogP contribution in [0.3, 0.4) is 0 Å². The van der Waals surface area contributed by atoms with E-state index in [1.54, 1.807) is 19.3 Å². The average Bonchev–Trinajstić information content (AvgIpc) is 2.15. The van der Waals surface area contributed by atoms with Gasteiger partial charge in [-0.25, -0.2) is 8.42 Å². The van der Waals surface area contributed by atoms with Crippen molar-refractivity contribution < 1.29 is 8.42 Å². The summed E-state index contributed by atoms with van der Waals surface area (Å²) in [7, 11) is -1.74. The normalized spacial score (nSPS) is 17.4. The summed E-state index contributed by atoms with van der Waals surface area (Å²) in [6.45, 7) is 0. The molecule has 1 aromatic rings. The number of halogens is 1. The van der Waals surface area contributed by atoms with Crippen molar-refractivity contribution >= 4 is 26.0 Å². The first-order valence-corrected chi connectivity index (χ1v) is 7.34. The van der Waals surface area contributed by atoms with Crippen LogP contribution in [0.4, 0.5) is 0 Å². The Hall–Kier alpha value is -0.460. The standard InChI is InChI=1S/C10H13BrN2O2S/c1-13(9-3-2-4-9)16(14,15)10-5-8(11)6-12-7-10/h5-7,9H,2-4H2,1H3. The summed E-state index contributed by atoms with van der Waals surface area (Å²) < 4.78 is 26.5. The van der Waals surface area contributed by atoms with Gasteiger partial charge < -0.3 is 0 Å². The number of hydrogen-bond donors (Lipinski definition) is 0. The monoisotopic (exact) mass is 304 g/mol. The molecule has 0 bridgehead atoms. The van der Waals surface area contributed by atoms with E-state index in [9.17, 15) is 8.42 Å². The number of rotatable bonds is 3. The average molecular weight is 305 g/mol. The van der Waals surface area contributed by atoms with E-state index in [1.165, 1.54) is 10.5 Å². The summed E-state index contributed by atoms with van der Waals surface area (Å²) in [6.07, 6.45) is 5.98. The fourth-order valence-corrected chi connectivity index (χ4v) is 3.57. The van der Waals surface area contributed by atoms with Crippen molar-refractivity contribution in [1.82, 2.24) is 9.29 Å². The quantitative estimate of drug-likeness (QED) is 0.858. The highest BCUT2D eigenvalue weighted by atomic mass is 79.9. The summed E-state index contributed by atoms with van der Waals surface area (Å²) in [5.41, 5.74) is 0. The zero-order valence-corrected chi connectivity index (χ0v) is 11.3. The molecule has 1 saturated carbocycles. The molecule has 0 atom stereocenters. The first-order chi connectivity index (χ1) is 7.51. The molecule has 1 heterocycles. The molecule has 1 aliphatic carbocycles. The summed E-state index contributed by atoms with van der Waals surface area (Å²) in [6, 6.07) is 1.74. The lowest BCUT2D eigenvalue weighted by Gasteiger charge is -2.33. The summed E-state index contributed by atoms with van der Waals surface area (Å²) in [5, 5.41) is 0. The second kappa shape index (κ2) is 4.43. The Morgan fingerprint density at radius 1 is 1.44 bits per heavy atom. The first-order valence-electron chi connectivity index (χ1n) is 5.10. The maximum absolute atomic E-state index is 12.2. The highest BCUT2D eigenvalue weighted by molar-refractivity contribution is 9.10. The molecule has 6 heteroatoms. The predicted molar refractivity (Wildman–Crippen MR) is 64.5 cm³/mol. The Morgan fingerprint density at radius 3 is 2.62 bits per heavy atom. The predicted octanol–water partition coefficient (Wildman–Crippen LogP) is 2.02. The molecule has 1 fully saturated rings. The van der Waals surface area contributed by atoms with Crippen LogP contribution >= 0.6 is 15.9 Å². The molecule has 16 heavy (non-hydrogen) atoms. The number of pyridine rings is 1. The van der Waals surface area contributed by atoms with Gasteiger partial charge in [0.25, 0.3) is 0 Å². The van der Waals surface area contributed by atoms with Crippen LogP contribution in [0.2, 0.25) is 0 Å². The van der Waals surface area contributed by atoms with E-state index < -0.39 is 10.0 Å². The van der Waals surface area contributed by atoms with E-state index in [1.807, 2.05) is 0 Å². The highest BCUT2D eigenvalue weighted by Gasteiger charge is 2.31. The molecule has 0 unspecified atom stereocenters. The van der Waals surface area contributed by atoms with Crippen molar-refractivity contribution in [2.45, 2.75) is 30.2 Å². The van der Waals surface area contributed by atoms with Crippen molar-refractivity contribution in [1.29, 1.82) is 0 Å². The maximum Gasteiger partial charge on any atom is 0.244 e. The van der Waals surface area contributed by atoms with Gasteiger partial charge in [-0.3, -0.25) is 4.98 Å². The van der Waals surface area contributed by atoms with Gasteiger partial charge in [0.2, 0.25) is 10.0 Å². The molecule has 0 saturated heterocycles. The van der Waals surface area contributed by atoms with E-state index in [0.29, 0.717) is 4.47 Å². The van der Waals surface area contributed by atoms with E-state index in [-0.39, 0.29) is 10.9 Å². The van der Waals surface area contributed by atoms with Crippen LogP contribution in [0.1, 0.15) is 19.3 Å². The Morgan fingerprint density at radius 2 is 2.12 bits per heavy atom. The van der Waals surface area contributed by atoms with Crippen LogP contribution in [-0.2, 0) is 10.0 Å². The van der Waals surface area contributed by atoms with Crippen LogP contribution < -0.4 is 0 Å². The number of nitrogens with zero attached hydrogens (tertiary/aromatic N) is 2. The van der Waals surface area contributed by atoms with Crippen molar-refractivity contribution in [2.75, 3.05) is 7.05 Å². The highest BCUT2D eigenvalue weighted by Crippen LogP contribution is 2.28. The van der Waals surface area contributed by atoms with Gasteiger partial charge in [-0.1, -0.05) is 6.42 Å². The van der Waals surface area contributed by atoms with Crippen LogP contribution in [0, 0.1) is 0 Å². The van der Waals surface area contributed by atoms with Crippen molar-refractivity contribution in [3.8, 4) is 0 Å². The zero-order chi connectivity index (χ0) is 11.8. The molecule has 1 aromatic heterocycles. The van der Waals surface area contributed by atoms with Gasteiger partial charge in [0, 0.05) is 30.0 Å². The third-order valence-electron chi connectivity index (χ3n) is 2.95. The molecule has 2 rings (SSSR count). The summed E-state index contributed by atoms with van der Waals surface area (Å²) >= 11 is 3.23. The van der Waals surface area contributed by atoms with Crippen molar-refractivity contribution in [2.24, 2.45) is 0 Å². The molecule has 4 nitrogen and oxygen atoms in total. The molecule has 88 valence electrons. The Bertz CT molecular complexity index is 485. The molecule has 0 radical (unpaired) electrons. The molecule has 0 aromatic carbocycles. The SMILES string of the molecule is CN(C1CCC1)S(=O)(=O)c1cncc(Br)c1. The van der Waals surface area contributed by atoms with Crippen LogP contribution in [0.25, 0.3) is 0 Å². The first kappa shape index (κ1) is 12.0. The smallest absolute Gasteiger partial charge is 0.244 e. The summed E-state index contributed by atoms with van der Waals surface area (Å²) in [4.78, 5) is 4.13. The van der Waals surface area contributed by atoms with E-state index in [2.05, 4.69) is 20.9 Å². The third-order valence-corrected chi connectivity index (χ3v) is 5.25. The number of sulfonamides is 1. The molecule has 0 aliphatic heterocycles. The lowest BCUT2D eigenvalue weighted by molar-refractivity contribution is 0.249. The van der Waals surface area contributed by atoms with Crippen LogP contribution in [0.15, 0.2) is 27.8 Å². The lowest BCUT2D eigenvalue weighted by Crippen LogP contribution is -2.41. The molecule has 0 spiro atoms. The fraction of sp³-hybridized carbons (Fsp3) is 0.500. The molecular weight excluding hydrogens is 292 g/mol. The second-order valence-electron chi connectivity index (χ2n) is 3.94. The molecular formula is C10H13BrN2O2S. The number of hydrogen-bond acceptors (Lipinski definition) is 3. The third kappa shape index (κ3) is 2.14. The van der Waals surface area contributed by atoms with Gasteiger partial charge in [0.1, 0.15) is 4.90 Å². The maximum atomic E-state index is 12.2. The largest absolute Gasteiger partial charge is 0.262 e. The molecule has 0 amide bonds. The summed E-state index contributed by atoms with van der Waals surface area (Å²) in [5.74, 6) is 0. The Kier molecular flexibility index (Phi) is 3.32. The van der Waals surface area contributed by atoms with Gasteiger partial charge in [0.15, 0.2) is 0 Å². The van der Waals surface area contributed by atoms with Gasteiger partial charge in [-0.15, -0.1) is 0 Å². The van der Waals surface area contributed by atoms with E-state index >= 15 is 0 Å². The minimum atomic E-state index is -3.38. The number of aromatic nitrogens is 1. The van der Waals surface area contributed by atoms with Gasteiger partial charge in [-0.2, -0.15) is 4.31 Å². The minimum absolute atomic E-state index is 0.156. The lowest BCUT2D eigenvalue weighted by atomic mass is 9.94. The van der Waals surface area contributed by atoms with Gasteiger partial charge in [0.05, 0.1) is 0 Å². The Labute approximate surface area is 104 Å². The van der Waals surface area contributed by atoms with Crippen LogP contribution in [-0.4, -0.2) is 30.8 Å². The Balaban J connectivity index is 2.30. The molecule has 0 N–H and O–H groups in total. The fourth-order valence-electron chi connectivity index (χ4n) is 1.65. The zero-order valence-electron chi connectivity index (χ0n) is 8.93. The van der Waals surface area contributed by atoms with Gasteiger partial charge >= 0.3 is 0 Å². The second-order valence-corrected chi connectivity index (χ2v) is 6.86. The van der Waals surface area contributed by atoms with E-state index in [4.69, 9.17) is 0 Å². The minimum Gasteiger partial charge on any atom is -0.262 e. The van der Waals surface area contributed by atoms with E-state index in [0.717, 1.165) is 19.3 Å². The topological polar surface area (TPSA) is 50.3 Å². The van der Waals surface area contributed by atoms with Crippen molar-refractivity contribution in [3.63, 3.8) is 0 Å². The van der Waals surface area contributed by atoms with Crippen LogP contribution in [0.5, 0.6) is 0 Å². The molecule has 1 aliphatic rings. The van der Waals surface area contributed by atoms with Crippen molar-refractivity contribution in [3.05, 3.63) is 22.9 Å². The van der Waals surface area contributed by atoms with Gasteiger partial charge in [-0.05, 0) is 34.8 Å².